The topological polar surface area (TPSA) is 63.1 Å². The van der Waals surface area contributed by atoms with Gasteiger partial charge in [0.25, 0.3) is 0 Å². The number of hydrogen-bond donors (Lipinski definition) is 2. The number of carboxylic acids is 1. The SMILES string of the molecule is O=C(O)c1cc(-c2ccc(S)c(Cl)c2)ncn1. The molecule has 1 aromatic carbocycles. The van der Waals surface area contributed by atoms with E-state index in [4.69, 9.17) is 16.7 Å². The summed E-state index contributed by atoms with van der Waals surface area (Å²) in [6.07, 6.45) is 1.21. The van der Waals surface area contributed by atoms with E-state index in [0.717, 1.165) is 5.56 Å². The second kappa shape index (κ2) is 4.73. The minimum Gasteiger partial charge on any atom is -0.477 e. The Morgan fingerprint density at radius 3 is 2.71 bits per heavy atom. The molecule has 86 valence electrons. The lowest BCUT2D eigenvalue weighted by atomic mass is 10.1. The lowest BCUT2D eigenvalue weighted by molar-refractivity contribution is 0.0690. The van der Waals surface area contributed by atoms with Crippen LogP contribution in [0.3, 0.4) is 0 Å². The van der Waals surface area contributed by atoms with Crippen LogP contribution in [0.15, 0.2) is 35.5 Å². The molecule has 0 spiro atoms. The first-order chi connectivity index (χ1) is 8.08. The molecule has 0 unspecified atom stereocenters. The highest BCUT2D eigenvalue weighted by atomic mass is 35.5. The molecular formula is C11H7ClN2O2S. The Morgan fingerprint density at radius 2 is 2.06 bits per heavy atom. The van der Waals surface area contributed by atoms with Gasteiger partial charge in [-0.15, -0.1) is 12.6 Å². The monoisotopic (exact) mass is 266 g/mol. The number of thiol groups is 1. The molecule has 1 N–H and O–H groups in total. The first kappa shape index (κ1) is 11.9. The second-order valence-electron chi connectivity index (χ2n) is 3.26. The average molecular weight is 267 g/mol. The Hall–Kier alpha value is -1.59. The molecule has 17 heavy (non-hydrogen) atoms. The van der Waals surface area contributed by atoms with Gasteiger partial charge >= 0.3 is 5.97 Å². The number of hydrogen-bond acceptors (Lipinski definition) is 4. The van der Waals surface area contributed by atoms with Crippen molar-refractivity contribution in [3.63, 3.8) is 0 Å². The van der Waals surface area contributed by atoms with E-state index in [1.54, 1.807) is 18.2 Å². The van der Waals surface area contributed by atoms with Gasteiger partial charge in [-0.1, -0.05) is 17.7 Å². The molecule has 0 aliphatic carbocycles. The summed E-state index contributed by atoms with van der Waals surface area (Å²) in [5, 5.41) is 9.31. The first-order valence-electron chi connectivity index (χ1n) is 4.62. The van der Waals surface area contributed by atoms with Gasteiger partial charge < -0.3 is 5.11 Å². The van der Waals surface area contributed by atoms with Crippen LogP contribution < -0.4 is 0 Å². The van der Waals surface area contributed by atoms with E-state index in [-0.39, 0.29) is 5.69 Å². The minimum absolute atomic E-state index is 0.0546. The number of aromatic carboxylic acids is 1. The van der Waals surface area contributed by atoms with E-state index in [0.29, 0.717) is 15.6 Å². The van der Waals surface area contributed by atoms with Gasteiger partial charge in [-0.2, -0.15) is 0 Å². The summed E-state index contributed by atoms with van der Waals surface area (Å²) in [7, 11) is 0. The van der Waals surface area contributed by atoms with E-state index in [9.17, 15) is 4.79 Å². The molecular weight excluding hydrogens is 260 g/mol. The maximum absolute atomic E-state index is 10.8. The first-order valence-corrected chi connectivity index (χ1v) is 5.44. The third-order valence-corrected chi connectivity index (χ3v) is 2.96. The van der Waals surface area contributed by atoms with Crippen molar-refractivity contribution in [2.24, 2.45) is 0 Å². The molecule has 0 fully saturated rings. The maximum atomic E-state index is 10.8. The van der Waals surface area contributed by atoms with Gasteiger partial charge in [0.15, 0.2) is 5.69 Å². The summed E-state index contributed by atoms with van der Waals surface area (Å²) >= 11 is 10.1. The van der Waals surface area contributed by atoms with Crippen molar-refractivity contribution in [1.29, 1.82) is 0 Å². The number of aromatic nitrogens is 2. The van der Waals surface area contributed by atoms with Gasteiger partial charge in [-0.05, 0) is 18.2 Å². The van der Waals surface area contributed by atoms with Crippen molar-refractivity contribution in [1.82, 2.24) is 9.97 Å². The van der Waals surface area contributed by atoms with Gasteiger partial charge in [0.1, 0.15) is 6.33 Å². The van der Waals surface area contributed by atoms with Crippen molar-refractivity contribution >= 4 is 30.2 Å². The van der Waals surface area contributed by atoms with E-state index >= 15 is 0 Å². The summed E-state index contributed by atoms with van der Waals surface area (Å²) in [4.78, 5) is 19.1. The van der Waals surface area contributed by atoms with Gasteiger partial charge in [0.2, 0.25) is 0 Å². The fourth-order valence-corrected chi connectivity index (χ4v) is 1.62. The zero-order chi connectivity index (χ0) is 12.4. The predicted octanol–water partition coefficient (Wildman–Crippen LogP) is 2.78. The van der Waals surface area contributed by atoms with Gasteiger partial charge in [-0.25, -0.2) is 14.8 Å². The molecule has 0 atom stereocenters. The maximum Gasteiger partial charge on any atom is 0.354 e. The van der Waals surface area contributed by atoms with Crippen LogP contribution in [0.4, 0.5) is 0 Å². The predicted molar refractivity (Wildman–Crippen MR) is 66.7 cm³/mol. The van der Waals surface area contributed by atoms with E-state index < -0.39 is 5.97 Å². The number of halogens is 1. The van der Waals surface area contributed by atoms with Crippen LogP contribution in [-0.2, 0) is 0 Å². The Bertz CT molecular complexity index is 589. The summed E-state index contributed by atoms with van der Waals surface area (Å²) in [5.74, 6) is -1.09. The molecule has 0 amide bonds. The minimum atomic E-state index is -1.09. The Morgan fingerprint density at radius 1 is 1.29 bits per heavy atom. The van der Waals surface area contributed by atoms with Crippen molar-refractivity contribution in [3.05, 3.63) is 41.3 Å². The molecule has 2 rings (SSSR count). The van der Waals surface area contributed by atoms with Crippen LogP contribution >= 0.6 is 24.2 Å². The zero-order valence-electron chi connectivity index (χ0n) is 8.46. The number of carboxylic acid groups (broad SMARTS) is 1. The van der Waals surface area contributed by atoms with Crippen molar-refractivity contribution in [2.45, 2.75) is 4.90 Å². The largest absolute Gasteiger partial charge is 0.477 e. The Balaban J connectivity index is 2.49. The molecule has 1 heterocycles. The van der Waals surface area contributed by atoms with Crippen molar-refractivity contribution < 1.29 is 9.90 Å². The van der Waals surface area contributed by atoms with Gasteiger partial charge in [0, 0.05) is 10.5 Å². The molecule has 0 bridgehead atoms. The van der Waals surface area contributed by atoms with Crippen molar-refractivity contribution in [2.75, 3.05) is 0 Å². The van der Waals surface area contributed by atoms with E-state index in [1.165, 1.54) is 12.4 Å². The lowest BCUT2D eigenvalue weighted by Gasteiger charge is -2.03. The van der Waals surface area contributed by atoms with Crippen LogP contribution in [0.5, 0.6) is 0 Å². The van der Waals surface area contributed by atoms with Crippen LogP contribution in [0.1, 0.15) is 10.5 Å². The molecule has 0 radical (unpaired) electrons. The van der Waals surface area contributed by atoms with Crippen molar-refractivity contribution in [3.8, 4) is 11.3 Å². The molecule has 2 aromatic rings. The number of carbonyl (C=O) groups is 1. The molecule has 4 nitrogen and oxygen atoms in total. The lowest BCUT2D eigenvalue weighted by Crippen LogP contribution is -2.01. The van der Waals surface area contributed by atoms with Crippen LogP contribution in [-0.4, -0.2) is 21.0 Å². The molecule has 6 heteroatoms. The molecule has 0 saturated heterocycles. The summed E-state index contributed by atoms with van der Waals surface area (Å²) in [6, 6.07) is 6.57. The quantitative estimate of drug-likeness (QED) is 0.821. The van der Waals surface area contributed by atoms with Crippen LogP contribution in [0, 0.1) is 0 Å². The highest BCUT2D eigenvalue weighted by Crippen LogP contribution is 2.26. The highest BCUT2D eigenvalue weighted by molar-refractivity contribution is 7.80. The third-order valence-electron chi connectivity index (χ3n) is 2.13. The van der Waals surface area contributed by atoms with Crippen LogP contribution in [0.2, 0.25) is 5.02 Å². The Labute approximate surface area is 108 Å². The highest BCUT2D eigenvalue weighted by Gasteiger charge is 2.08. The standard InChI is InChI=1S/C11H7ClN2O2S/c12-7-3-6(1-2-10(7)17)8-4-9(11(15)16)14-5-13-8/h1-5,17H,(H,15,16). The molecule has 0 saturated carbocycles. The van der Waals surface area contributed by atoms with E-state index in [1.807, 2.05) is 0 Å². The molecule has 0 aliphatic heterocycles. The van der Waals surface area contributed by atoms with Crippen LogP contribution in [0.25, 0.3) is 11.3 Å². The summed E-state index contributed by atoms with van der Waals surface area (Å²) in [5.41, 5.74) is 1.17. The number of benzene rings is 1. The Kier molecular flexibility index (Phi) is 3.31. The van der Waals surface area contributed by atoms with Gasteiger partial charge in [0.05, 0.1) is 10.7 Å². The molecule has 0 aliphatic rings. The smallest absolute Gasteiger partial charge is 0.354 e. The molecule has 1 aromatic heterocycles. The fraction of sp³-hybridized carbons (Fsp3) is 0. The number of rotatable bonds is 2. The summed E-state index contributed by atoms with van der Waals surface area (Å²) < 4.78 is 0. The fourth-order valence-electron chi connectivity index (χ4n) is 1.30. The van der Waals surface area contributed by atoms with E-state index in [2.05, 4.69) is 22.6 Å². The third kappa shape index (κ3) is 2.57. The zero-order valence-corrected chi connectivity index (χ0v) is 10.1. The average Bonchev–Trinajstić information content (AvgIpc) is 2.33. The summed E-state index contributed by atoms with van der Waals surface area (Å²) in [6.45, 7) is 0. The number of nitrogens with zero attached hydrogens (tertiary/aromatic N) is 2. The van der Waals surface area contributed by atoms with Gasteiger partial charge in [-0.3, -0.25) is 0 Å². The normalized spacial score (nSPS) is 10.2. The second-order valence-corrected chi connectivity index (χ2v) is 4.15.